The molecule has 2 saturated heterocycles. The van der Waals surface area contributed by atoms with Crippen molar-refractivity contribution in [3.8, 4) is 5.75 Å². The van der Waals surface area contributed by atoms with Crippen LogP contribution >= 0.6 is 0 Å². The van der Waals surface area contributed by atoms with Gasteiger partial charge in [-0.05, 0) is 74.7 Å². The van der Waals surface area contributed by atoms with Crippen molar-refractivity contribution in [3.05, 3.63) is 29.8 Å². The van der Waals surface area contributed by atoms with Crippen molar-refractivity contribution in [1.29, 1.82) is 0 Å². The lowest BCUT2D eigenvalue weighted by Gasteiger charge is -2.37. The number of likely N-dealkylation sites (tertiary alicyclic amines) is 2. The van der Waals surface area contributed by atoms with Gasteiger partial charge in [0.15, 0.2) is 6.61 Å². The first-order valence-corrected chi connectivity index (χ1v) is 11.2. The number of benzene rings is 1. The van der Waals surface area contributed by atoms with Crippen LogP contribution in [0, 0.1) is 0 Å². The van der Waals surface area contributed by atoms with Crippen LogP contribution in [0.15, 0.2) is 24.3 Å². The van der Waals surface area contributed by atoms with Crippen LogP contribution in [-0.2, 0) is 10.2 Å². The molecule has 0 spiro atoms. The van der Waals surface area contributed by atoms with Crippen LogP contribution in [0.5, 0.6) is 5.75 Å². The Kier molecular flexibility index (Phi) is 7.39. The van der Waals surface area contributed by atoms with Gasteiger partial charge in [0.2, 0.25) is 0 Å². The maximum Gasteiger partial charge on any atom is 0.260 e. The van der Waals surface area contributed by atoms with Crippen LogP contribution < -0.4 is 4.74 Å². The Morgan fingerprint density at radius 2 is 1.68 bits per heavy atom. The summed E-state index contributed by atoms with van der Waals surface area (Å²) in [6, 6.07) is 8.55. The molecular formula is C24H38N2O2. The molecule has 3 rings (SSSR count). The first-order chi connectivity index (χ1) is 13.4. The van der Waals surface area contributed by atoms with Gasteiger partial charge in [0, 0.05) is 19.1 Å². The van der Waals surface area contributed by atoms with E-state index in [9.17, 15) is 4.79 Å². The van der Waals surface area contributed by atoms with Gasteiger partial charge in [0.1, 0.15) is 5.75 Å². The molecule has 28 heavy (non-hydrogen) atoms. The number of nitrogens with zero attached hydrogens (tertiary/aromatic N) is 2. The van der Waals surface area contributed by atoms with Gasteiger partial charge in [-0.1, -0.05) is 39.3 Å². The van der Waals surface area contributed by atoms with Crippen molar-refractivity contribution in [2.45, 2.75) is 77.2 Å². The summed E-state index contributed by atoms with van der Waals surface area (Å²) < 4.78 is 5.83. The highest BCUT2D eigenvalue weighted by Gasteiger charge is 2.27. The highest BCUT2D eigenvalue weighted by molar-refractivity contribution is 5.78. The van der Waals surface area contributed by atoms with Gasteiger partial charge in [-0.25, -0.2) is 0 Å². The van der Waals surface area contributed by atoms with E-state index in [-0.39, 0.29) is 17.9 Å². The van der Waals surface area contributed by atoms with E-state index in [1.54, 1.807) is 0 Å². The Balaban J connectivity index is 1.49. The molecule has 0 unspecified atom stereocenters. The average molecular weight is 387 g/mol. The van der Waals surface area contributed by atoms with Crippen LogP contribution in [0.4, 0.5) is 0 Å². The normalized spacial score (nSPS) is 21.5. The third-order valence-corrected chi connectivity index (χ3v) is 6.26. The summed E-state index contributed by atoms with van der Waals surface area (Å²) in [4.78, 5) is 17.5. The largest absolute Gasteiger partial charge is 0.484 e. The molecule has 156 valence electrons. The van der Waals surface area contributed by atoms with Gasteiger partial charge in [0.05, 0.1) is 0 Å². The fourth-order valence-electron chi connectivity index (χ4n) is 4.42. The van der Waals surface area contributed by atoms with Crippen molar-refractivity contribution in [3.63, 3.8) is 0 Å². The lowest BCUT2D eigenvalue weighted by Crippen LogP contribution is -2.47. The zero-order chi connectivity index (χ0) is 20.0. The second-order valence-electron chi connectivity index (χ2n) is 9.49. The van der Waals surface area contributed by atoms with Gasteiger partial charge in [-0.2, -0.15) is 0 Å². The van der Waals surface area contributed by atoms with Crippen LogP contribution in [0.3, 0.4) is 0 Å². The molecule has 0 aliphatic carbocycles. The number of carbonyl (C=O) groups excluding carboxylic acids is 1. The predicted molar refractivity (Wildman–Crippen MR) is 115 cm³/mol. The summed E-state index contributed by atoms with van der Waals surface area (Å²) in [5.41, 5.74) is 1.41. The van der Waals surface area contributed by atoms with Crippen molar-refractivity contribution >= 4 is 5.91 Å². The molecule has 1 atom stereocenters. The first-order valence-electron chi connectivity index (χ1n) is 11.2. The second-order valence-corrected chi connectivity index (χ2v) is 9.49. The SMILES string of the molecule is CC(C)(C)c1ccc(OCC(=O)N2CCCC[C@@H]2CCN2CCCCC2)cc1. The van der Waals surface area contributed by atoms with E-state index in [4.69, 9.17) is 4.74 Å². The van der Waals surface area contributed by atoms with Crippen molar-refractivity contribution in [1.82, 2.24) is 9.80 Å². The van der Waals surface area contributed by atoms with E-state index in [0.717, 1.165) is 38.1 Å². The van der Waals surface area contributed by atoms with Crippen LogP contribution in [0.25, 0.3) is 0 Å². The number of amides is 1. The van der Waals surface area contributed by atoms with Crippen LogP contribution in [0.1, 0.15) is 71.3 Å². The quantitative estimate of drug-likeness (QED) is 0.715. The number of rotatable bonds is 6. The predicted octanol–water partition coefficient (Wildman–Crippen LogP) is 4.62. The maximum atomic E-state index is 12.8. The van der Waals surface area contributed by atoms with Gasteiger partial charge < -0.3 is 14.5 Å². The summed E-state index contributed by atoms with van der Waals surface area (Å²) in [5.74, 6) is 0.923. The minimum absolute atomic E-state index is 0.129. The minimum Gasteiger partial charge on any atom is -0.484 e. The van der Waals surface area contributed by atoms with E-state index in [1.165, 1.54) is 44.3 Å². The highest BCUT2D eigenvalue weighted by Crippen LogP contribution is 2.25. The average Bonchev–Trinajstić information content (AvgIpc) is 2.71. The summed E-state index contributed by atoms with van der Waals surface area (Å²) in [7, 11) is 0. The molecule has 1 amide bonds. The third kappa shape index (κ3) is 5.97. The Morgan fingerprint density at radius 3 is 2.36 bits per heavy atom. The Morgan fingerprint density at radius 1 is 1.00 bits per heavy atom. The third-order valence-electron chi connectivity index (χ3n) is 6.26. The van der Waals surface area contributed by atoms with Gasteiger partial charge >= 0.3 is 0 Å². The fraction of sp³-hybridized carbons (Fsp3) is 0.708. The van der Waals surface area contributed by atoms with E-state index in [0.29, 0.717) is 6.04 Å². The minimum atomic E-state index is 0.129. The van der Waals surface area contributed by atoms with E-state index >= 15 is 0 Å². The summed E-state index contributed by atoms with van der Waals surface area (Å²) >= 11 is 0. The molecule has 0 bridgehead atoms. The molecule has 0 aromatic heterocycles. The second kappa shape index (κ2) is 9.78. The number of piperidine rings is 2. The number of hydrogen-bond acceptors (Lipinski definition) is 3. The molecule has 4 nitrogen and oxygen atoms in total. The standard InChI is InChI=1S/C24H38N2O2/c1-24(2,3)20-10-12-22(13-11-20)28-19-23(27)26-17-8-5-9-21(26)14-18-25-15-6-4-7-16-25/h10-13,21H,4-9,14-19H2,1-3H3/t21-/m1/s1. The molecule has 2 heterocycles. The molecule has 1 aromatic rings. The smallest absolute Gasteiger partial charge is 0.260 e. The molecule has 2 fully saturated rings. The molecule has 0 radical (unpaired) electrons. The van der Waals surface area contributed by atoms with Gasteiger partial charge in [-0.3, -0.25) is 4.79 Å². The van der Waals surface area contributed by atoms with E-state index < -0.39 is 0 Å². The van der Waals surface area contributed by atoms with Crippen molar-refractivity contribution in [2.75, 3.05) is 32.8 Å². The first kappa shape index (κ1) is 21.2. The zero-order valence-corrected chi connectivity index (χ0v) is 18.1. The summed E-state index contributed by atoms with van der Waals surface area (Å²) in [5, 5.41) is 0. The molecule has 4 heteroatoms. The Hall–Kier alpha value is -1.55. The molecule has 2 aliphatic rings. The maximum absolute atomic E-state index is 12.8. The highest BCUT2D eigenvalue weighted by atomic mass is 16.5. The summed E-state index contributed by atoms with van der Waals surface area (Å²) in [6.45, 7) is 11.2. The van der Waals surface area contributed by atoms with E-state index in [2.05, 4.69) is 42.7 Å². The topological polar surface area (TPSA) is 32.8 Å². The lowest BCUT2D eigenvalue weighted by molar-refractivity contribution is -0.137. The van der Waals surface area contributed by atoms with Crippen LogP contribution in [-0.4, -0.2) is 54.5 Å². The number of ether oxygens (including phenoxy) is 1. The van der Waals surface area contributed by atoms with Crippen LogP contribution in [0.2, 0.25) is 0 Å². The van der Waals surface area contributed by atoms with E-state index in [1.807, 2.05) is 12.1 Å². The number of carbonyl (C=O) groups is 1. The molecule has 1 aromatic carbocycles. The zero-order valence-electron chi connectivity index (χ0n) is 18.1. The Bertz CT molecular complexity index is 614. The Labute approximate surface area is 171 Å². The monoisotopic (exact) mass is 386 g/mol. The van der Waals surface area contributed by atoms with Crippen molar-refractivity contribution in [2.24, 2.45) is 0 Å². The fourth-order valence-corrected chi connectivity index (χ4v) is 4.42. The lowest BCUT2D eigenvalue weighted by atomic mass is 9.87. The number of hydrogen-bond donors (Lipinski definition) is 0. The molecular weight excluding hydrogens is 348 g/mol. The van der Waals surface area contributed by atoms with Gasteiger partial charge in [0.25, 0.3) is 5.91 Å². The van der Waals surface area contributed by atoms with Gasteiger partial charge in [-0.15, -0.1) is 0 Å². The van der Waals surface area contributed by atoms with Crippen molar-refractivity contribution < 1.29 is 9.53 Å². The summed E-state index contributed by atoms with van der Waals surface area (Å²) in [6.07, 6.45) is 8.63. The molecule has 2 aliphatic heterocycles. The molecule has 0 saturated carbocycles. The molecule has 0 N–H and O–H groups in total.